The summed E-state index contributed by atoms with van der Waals surface area (Å²) in [5, 5.41) is 10.3. The summed E-state index contributed by atoms with van der Waals surface area (Å²) in [5.74, 6) is -0.955. The van der Waals surface area contributed by atoms with E-state index in [0.29, 0.717) is 0 Å². The second kappa shape index (κ2) is 8.12. The molecule has 2 aromatic rings. The van der Waals surface area contributed by atoms with Crippen molar-refractivity contribution in [2.24, 2.45) is 0 Å². The van der Waals surface area contributed by atoms with Crippen molar-refractivity contribution in [2.75, 3.05) is 6.26 Å². The summed E-state index contributed by atoms with van der Waals surface area (Å²) in [5.41, 5.74) is 5.52. The Morgan fingerprint density at radius 1 is 0.871 bits per heavy atom. The number of carboxylic acids is 1. The van der Waals surface area contributed by atoms with E-state index in [2.05, 4.69) is 39.8 Å². The van der Waals surface area contributed by atoms with Crippen molar-refractivity contribution in [1.29, 1.82) is 0 Å². The van der Waals surface area contributed by atoms with Gasteiger partial charge in [0.25, 0.3) is 0 Å². The van der Waals surface area contributed by atoms with Crippen LogP contribution in [0.1, 0.15) is 78.7 Å². The zero-order valence-electron chi connectivity index (χ0n) is 18.8. The van der Waals surface area contributed by atoms with Crippen LogP contribution in [-0.4, -0.2) is 25.7 Å². The van der Waals surface area contributed by atoms with E-state index >= 15 is 0 Å². The Morgan fingerprint density at radius 2 is 1.35 bits per heavy atom. The minimum atomic E-state index is -3.25. The van der Waals surface area contributed by atoms with Gasteiger partial charge in [-0.15, -0.1) is 0 Å². The van der Waals surface area contributed by atoms with Crippen LogP contribution in [0.4, 0.5) is 0 Å². The van der Waals surface area contributed by atoms with Crippen LogP contribution in [0.5, 0.6) is 0 Å². The lowest BCUT2D eigenvalue weighted by Crippen LogP contribution is -2.34. The molecule has 0 unspecified atom stereocenters. The lowest BCUT2D eigenvalue weighted by atomic mass is 9.62. The average molecular weight is 439 g/mol. The van der Waals surface area contributed by atoms with Crippen molar-refractivity contribution in [3.05, 3.63) is 75.2 Å². The molecule has 1 aliphatic carbocycles. The smallest absolute Gasteiger partial charge is 0.335 e. The molecule has 3 rings (SSSR count). The van der Waals surface area contributed by atoms with Gasteiger partial charge in [0.05, 0.1) is 5.56 Å². The number of benzene rings is 2. The molecular weight excluding hydrogens is 408 g/mol. The summed E-state index contributed by atoms with van der Waals surface area (Å²) in [7, 11) is -3.25. The average Bonchev–Trinajstić information content (AvgIpc) is 2.68. The maximum atomic E-state index is 11.7. The first-order chi connectivity index (χ1) is 14.3. The normalized spacial score (nSPS) is 17.7. The van der Waals surface area contributed by atoms with Crippen molar-refractivity contribution in [3.63, 3.8) is 0 Å². The van der Waals surface area contributed by atoms with Gasteiger partial charge in [-0.3, -0.25) is 0 Å². The number of carboxylic acid groups (broad SMARTS) is 1. The van der Waals surface area contributed by atoms with Crippen LogP contribution in [0.3, 0.4) is 0 Å². The van der Waals surface area contributed by atoms with Gasteiger partial charge in [0.15, 0.2) is 9.84 Å². The molecule has 0 heterocycles. The number of rotatable bonds is 5. The van der Waals surface area contributed by atoms with E-state index < -0.39 is 15.8 Å². The van der Waals surface area contributed by atoms with Gasteiger partial charge in [0.1, 0.15) is 0 Å². The van der Waals surface area contributed by atoms with Gasteiger partial charge in [0.2, 0.25) is 0 Å². The van der Waals surface area contributed by atoms with Crippen LogP contribution in [0.2, 0.25) is 0 Å². The van der Waals surface area contributed by atoms with E-state index in [9.17, 15) is 13.2 Å². The predicted molar refractivity (Wildman–Crippen MR) is 128 cm³/mol. The quantitative estimate of drug-likeness (QED) is 0.588. The van der Waals surface area contributed by atoms with E-state index in [-0.39, 0.29) is 16.4 Å². The van der Waals surface area contributed by atoms with Gasteiger partial charge in [-0.2, -0.15) is 0 Å². The second-order valence-corrected chi connectivity index (χ2v) is 11.6. The minimum Gasteiger partial charge on any atom is -0.478 e. The third kappa shape index (κ3) is 5.34. The molecule has 2 aromatic carbocycles. The Hall–Kier alpha value is -2.66. The van der Waals surface area contributed by atoms with Gasteiger partial charge in [-0.25, -0.2) is 13.2 Å². The summed E-state index contributed by atoms with van der Waals surface area (Å²) < 4.78 is 23.5. The van der Waals surface area contributed by atoms with E-state index in [4.69, 9.17) is 5.11 Å². The summed E-state index contributed by atoms with van der Waals surface area (Å²) in [6.07, 6.45) is 8.91. The molecule has 0 bridgehead atoms. The molecule has 1 N–H and O–H groups in total. The highest BCUT2D eigenvalue weighted by Gasteiger charge is 2.37. The zero-order valence-corrected chi connectivity index (χ0v) is 19.6. The van der Waals surface area contributed by atoms with Crippen LogP contribution >= 0.6 is 0 Å². The maximum Gasteiger partial charge on any atom is 0.335 e. The Balaban J connectivity index is 2.13. The molecular formula is C26H30O4S. The Morgan fingerprint density at radius 3 is 1.81 bits per heavy atom. The van der Waals surface area contributed by atoms with Gasteiger partial charge in [0, 0.05) is 11.7 Å². The first kappa shape index (κ1) is 23.0. The Labute approximate surface area is 185 Å². The molecule has 0 saturated heterocycles. The number of carbonyl (C=O) groups is 1. The molecule has 0 atom stereocenters. The maximum absolute atomic E-state index is 11.7. The third-order valence-corrected chi connectivity index (χ3v) is 6.79. The number of fused-ring (bicyclic) bond motifs is 1. The van der Waals surface area contributed by atoms with Crippen LogP contribution in [-0.2, 0) is 20.7 Å². The molecule has 0 aromatic heterocycles. The molecule has 0 saturated carbocycles. The zero-order chi connectivity index (χ0) is 23.0. The standard InChI is InChI=1S/C26H30O4S/c1-25(2)13-14-26(3,4)23-17-21(12-15-31(5,29)30)20(16-22(23)25)11-8-18-6-9-19(10-7-18)24(27)28/h6-12,15-17H,13-14H2,1-5H3,(H,27,28)/b11-8+,15-12+. The predicted octanol–water partition coefficient (Wildman–Crippen LogP) is 5.92. The van der Waals surface area contributed by atoms with Crippen molar-refractivity contribution < 1.29 is 18.3 Å². The monoisotopic (exact) mass is 438 g/mol. The summed E-state index contributed by atoms with van der Waals surface area (Å²) in [6, 6.07) is 11.0. The van der Waals surface area contributed by atoms with Gasteiger partial charge < -0.3 is 5.11 Å². The van der Waals surface area contributed by atoms with Crippen LogP contribution in [0, 0.1) is 0 Å². The van der Waals surface area contributed by atoms with E-state index in [1.54, 1.807) is 30.3 Å². The number of hydrogen-bond acceptors (Lipinski definition) is 3. The topological polar surface area (TPSA) is 71.4 Å². The molecule has 1 aliphatic rings. The molecule has 0 fully saturated rings. The lowest BCUT2D eigenvalue weighted by Gasteiger charge is -2.42. The number of hydrogen-bond donors (Lipinski definition) is 1. The molecule has 4 nitrogen and oxygen atoms in total. The summed E-state index contributed by atoms with van der Waals surface area (Å²) >= 11 is 0. The van der Waals surface area contributed by atoms with Gasteiger partial charge in [-0.1, -0.05) is 64.1 Å². The van der Waals surface area contributed by atoms with E-state index in [0.717, 1.165) is 29.5 Å². The van der Waals surface area contributed by atoms with Crippen molar-refractivity contribution >= 4 is 34.0 Å². The van der Waals surface area contributed by atoms with Crippen LogP contribution < -0.4 is 0 Å². The first-order valence-electron chi connectivity index (χ1n) is 10.4. The van der Waals surface area contributed by atoms with E-state index in [1.807, 2.05) is 12.2 Å². The molecule has 5 heteroatoms. The second-order valence-electron chi connectivity index (χ2n) is 9.69. The van der Waals surface area contributed by atoms with Crippen LogP contribution in [0.25, 0.3) is 18.2 Å². The SMILES string of the molecule is CC1(C)CCC(C)(C)c2cc(/C=C/S(C)(=O)=O)c(/C=C/c3ccc(C(=O)O)cc3)cc21. The largest absolute Gasteiger partial charge is 0.478 e. The molecule has 164 valence electrons. The minimum absolute atomic E-state index is 0.0213. The number of aromatic carboxylic acids is 1. The lowest BCUT2D eigenvalue weighted by molar-refractivity contribution is 0.0697. The van der Waals surface area contributed by atoms with Crippen molar-refractivity contribution in [2.45, 2.75) is 51.4 Å². The highest BCUT2D eigenvalue weighted by Crippen LogP contribution is 2.46. The van der Waals surface area contributed by atoms with Crippen molar-refractivity contribution in [1.82, 2.24) is 0 Å². The van der Waals surface area contributed by atoms with Crippen LogP contribution in [0.15, 0.2) is 41.8 Å². The molecule has 0 aliphatic heterocycles. The Bertz CT molecular complexity index is 1160. The highest BCUT2D eigenvalue weighted by atomic mass is 32.2. The van der Waals surface area contributed by atoms with Gasteiger partial charge >= 0.3 is 5.97 Å². The van der Waals surface area contributed by atoms with Crippen molar-refractivity contribution in [3.8, 4) is 0 Å². The third-order valence-electron chi connectivity index (χ3n) is 6.16. The molecule has 0 amide bonds. The fraction of sp³-hybridized carbons (Fsp3) is 0.346. The highest BCUT2D eigenvalue weighted by molar-refractivity contribution is 7.93. The molecule has 31 heavy (non-hydrogen) atoms. The van der Waals surface area contributed by atoms with Gasteiger partial charge in [-0.05, 0) is 69.7 Å². The molecule has 0 spiro atoms. The fourth-order valence-electron chi connectivity index (χ4n) is 4.06. The summed E-state index contributed by atoms with van der Waals surface area (Å²) in [4.78, 5) is 11.1. The first-order valence-corrected chi connectivity index (χ1v) is 12.3. The number of sulfone groups is 1. The van der Waals surface area contributed by atoms with E-state index in [1.165, 1.54) is 22.8 Å². The summed E-state index contributed by atoms with van der Waals surface area (Å²) in [6.45, 7) is 8.99. The Kier molecular flexibility index (Phi) is 6.03. The fourth-order valence-corrected chi connectivity index (χ4v) is 4.45. The molecule has 0 radical (unpaired) electrons.